The molecule has 2 aromatic carbocycles. The van der Waals surface area contributed by atoms with E-state index in [4.69, 9.17) is 16.3 Å². The first-order valence-electron chi connectivity index (χ1n) is 8.28. The molecule has 0 saturated carbocycles. The van der Waals surface area contributed by atoms with Crippen LogP contribution in [0.3, 0.4) is 0 Å². The molecule has 134 valence electrons. The summed E-state index contributed by atoms with van der Waals surface area (Å²) in [6.45, 7) is 2.04. The maximum absolute atomic E-state index is 12.7. The number of carbonyl (C=O) groups excluding carboxylic acids is 1. The average Bonchev–Trinajstić information content (AvgIpc) is 3.06. The quantitative estimate of drug-likeness (QED) is 0.708. The van der Waals surface area contributed by atoms with Crippen molar-refractivity contribution in [3.8, 4) is 11.4 Å². The highest BCUT2D eigenvalue weighted by Crippen LogP contribution is 2.20. The molecule has 0 unspecified atom stereocenters. The normalized spacial score (nSPS) is 10.6. The van der Waals surface area contributed by atoms with E-state index < -0.39 is 0 Å². The molecule has 1 N–H and O–H groups in total. The van der Waals surface area contributed by atoms with E-state index in [1.165, 1.54) is 0 Å². The molecule has 0 spiro atoms. The summed E-state index contributed by atoms with van der Waals surface area (Å²) in [6.07, 6.45) is 1.54. The molecular weight excluding hydrogens is 352 g/mol. The van der Waals surface area contributed by atoms with E-state index in [-0.39, 0.29) is 5.91 Å². The number of methoxy groups -OCH3 is 1. The number of hydrogen-bond donors (Lipinski definition) is 1. The Morgan fingerprint density at radius 1 is 1.23 bits per heavy atom. The van der Waals surface area contributed by atoms with Gasteiger partial charge in [-0.3, -0.25) is 4.79 Å². The average molecular weight is 371 g/mol. The summed E-state index contributed by atoms with van der Waals surface area (Å²) >= 11 is 5.95. The number of benzene rings is 2. The highest BCUT2D eigenvalue weighted by atomic mass is 35.5. The number of hydrogen-bond acceptors (Lipinski definition) is 4. The molecule has 0 aliphatic carbocycles. The Labute approximate surface area is 156 Å². The van der Waals surface area contributed by atoms with Gasteiger partial charge in [-0.15, -0.1) is 5.10 Å². The Morgan fingerprint density at radius 3 is 2.69 bits per heavy atom. The third-order valence-electron chi connectivity index (χ3n) is 3.86. The second-order valence-corrected chi connectivity index (χ2v) is 6.15. The molecule has 0 radical (unpaired) electrons. The van der Waals surface area contributed by atoms with Crippen LogP contribution >= 0.6 is 11.6 Å². The van der Waals surface area contributed by atoms with Crippen LogP contribution in [0.25, 0.3) is 5.69 Å². The second kappa shape index (κ2) is 8.01. The fourth-order valence-corrected chi connectivity index (χ4v) is 2.75. The molecule has 1 heterocycles. The highest BCUT2D eigenvalue weighted by molar-refractivity contribution is 6.30. The molecule has 7 heteroatoms. The van der Waals surface area contributed by atoms with Crippen LogP contribution in [0, 0.1) is 0 Å². The van der Waals surface area contributed by atoms with Gasteiger partial charge in [-0.25, -0.2) is 4.68 Å². The Kier molecular flexibility index (Phi) is 5.53. The lowest BCUT2D eigenvalue weighted by Gasteiger charge is -2.08. The van der Waals surface area contributed by atoms with Crippen LogP contribution in [0.2, 0.25) is 5.02 Å². The van der Waals surface area contributed by atoms with Gasteiger partial charge in [0.2, 0.25) is 0 Å². The van der Waals surface area contributed by atoms with E-state index in [0.717, 1.165) is 17.8 Å². The van der Waals surface area contributed by atoms with Crippen molar-refractivity contribution in [1.29, 1.82) is 0 Å². The lowest BCUT2D eigenvalue weighted by Crippen LogP contribution is -2.15. The number of amides is 1. The van der Waals surface area contributed by atoms with Crippen LogP contribution in [-0.4, -0.2) is 28.0 Å². The van der Waals surface area contributed by atoms with Gasteiger partial charge in [0.1, 0.15) is 5.75 Å². The summed E-state index contributed by atoms with van der Waals surface area (Å²) in [4.78, 5) is 12.7. The third kappa shape index (κ3) is 3.86. The minimum atomic E-state index is -0.304. The van der Waals surface area contributed by atoms with Gasteiger partial charge >= 0.3 is 0 Å². The standard InChI is InChI=1S/C19H19ClN4O2/c1-3-5-17-18(19(25)21-14-6-4-7-16(12-14)26-2)22-23-24(17)15-10-8-13(20)9-11-15/h4,6-12H,3,5H2,1-2H3,(H,21,25). The maximum Gasteiger partial charge on any atom is 0.278 e. The SMILES string of the molecule is CCCc1c(C(=O)Nc2cccc(OC)c2)nnn1-c1ccc(Cl)cc1. The fraction of sp³-hybridized carbons (Fsp3) is 0.211. The molecule has 3 rings (SSSR count). The van der Waals surface area contributed by atoms with Gasteiger partial charge < -0.3 is 10.1 Å². The Morgan fingerprint density at radius 2 is 2.00 bits per heavy atom. The van der Waals surface area contributed by atoms with Gasteiger partial charge in [0.15, 0.2) is 5.69 Å². The van der Waals surface area contributed by atoms with Gasteiger partial charge in [0, 0.05) is 16.8 Å². The van der Waals surface area contributed by atoms with Crippen molar-refractivity contribution in [2.75, 3.05) is 12.4 Å². The van der Waals surface area contributed by atoms with Crippen molar-refractivity contribution in [3.63, 3.8) is 0 Å². The van der Waals surface area contributed by atoms with Crippen molar-refractivity contribution in [1.82, 2.24) is 15.0 Å². The van der Waals surface area contributed by atoms with Gasteiger partial charge in [-0.05, 0) is 42.8 Å². The number of aromatic nitrogens is 3. The van der Waals surface area contributed by atoms with E-state index in [9.17, 15) is 4.79 Å². The summed E-state index contributed by atoms with van der Waals surface area (Å²) < 4.78 is 6.86. The van der Waals surface area contributed by atoms with Crippen LogP contribution in [0.4, 0.5) is 5.69 Å². The first-order chi connectivity index (χ1) is 12.6. The lowest BCUT2D eigenvalue weighted by atomic mass is 10.2. The molecule has 0 bridgehead atoms. The number of ether oxygens (including phenoxy) is 1. The maximum atomic E-state index is 12.7. The zero-order valence-electron chi connectivity index (χ0n) is 14.6. The summed E-state index contributed by atoms with van der Waals surface area (Å²) in [6, 6.07) is 14.4. The summed E-state index contributed by atoms with van der Waals surface area (Å²) in [5.74, 6) is 0.364. The molecule has 0 fully saturated rings. The van der Waals surface area contributed by atoms with Crippen LogP contribution in [-0.2, 0) is 6.42 Å². The minimum absolute atomic E-state index is 0.304. The monoisotopic (exact) mass is 370 g/mol. The number of rotatable bonds is 6. The highest BCUT2D eigenvalue weighted by Gasteiger charge is 2.20. The number of carbonyl (C=O) groups is 1. The van der Waals surface area contributed by atoms with E-state index in [2.05, 4.69) is 15.6 Å². The Bertz CT molecular complexity index is 906. The van der Waals surface area contributed by atoms with Crippen LogP contribution in [0.15, 0.2) is 48.5 Å². The summed E-state index contributed by atoms with van der Waals surface area (Å²) in [5, 5.41) is 11.8. The third-order valence-corrected chi connectivity index (χ3v) is 4.12. The molecule has 1 aromatic heterocycles. The number of halogens is 1. The number of anilines is 1. The Hall–Kier alpha value is -2.86. The van der Waals surface area contributed by atoms with Crippen molar-refractivity contribution in [3.05, 3.63) is 64.9 Å². The van der Waals surface area contributed by atoms with Crippen molar-refractivity contribution in [2.45, 2.75) is 19.8 Å². The largest absolute Gasteiger partial charge is 0.497 e. The van der Waals surface area contributed by atoms with E-state index in [1.807, 2.05) is 31.2 Å². The van der Waals surface area contributed by atoms with Crippen molar-refractivity contribution in [2.24, 2.45) is 0 Å². The van der Waals surface area contributed by atoms with Crippen molar-refractivity contribution < 1.29 is 9.53 Å². The van der Waals surface area contributed by atoms with Crippen molar-refractivity contribution >= 4 is 23.2 Å². The zero-order chi connectivity index (χ0) is 18.5. The molecule has 26 heavy (non-hydrogen) atoms. The topological polar surface area (TPSA) is 69.0 Å². The predicted molar refractivity (Wildman–Crippen MR) is 101 cm³/mol. The molecule has 0 aliphatic heterocycles. The molecule has 0 atom stereocenters. The number of nitrogens with one attached hydrogen (secondary N) is 1. The zero-order valence-corrected chi connectivity index (χ0v) is 15.3. The smallest absolute Gasteiger partial charge is 0.278 e. The molecule has 0 aliphatic rings. The molecular formula is C19H19ClN4O2. The van der Waals surface area contributed by atoms with E-state index in [1.54, 1.807) is 36.1 Å². The first-order valence-corrected chi connectivity index (χ1v) is 8.66. The Balaban J connectivity index is 1.91. The van der Waals surface area contributed by atoms with Gasteiger partial charge in [0.05, 0.1) is 18.5 Å². The summed E-state index contributed by atoms with van der Waals surface area (Å²) in [5.41, 5.74) is 2.52. The molecule has 1 amide bonds. The van der Waals surface area contributed by atoms with Crippen LogP contribution < -0.4 is 10.1 Å². The van der Waals surface area contributed by atoms with Crippen LogP contribution in [0.5, 0.6) is 5.75 Å². The van der Waals surface area contributed by atoms with Gasteiger partial charge in [-0.2, -0.15) is 0 Å². The predicted octanol–water partition coefficient (Wildman–Crippen LogP) is 4.13. The lowest BCUT2D eigenvalue weighted by molar-refractivity contribution is 0.102. The van der Waals surface area contributed by atoms with E-state index in [0.29, 0.717) is 28.6 Å². The second-order valence-electron chi connectivity index (χ2n) is 5.71. The van der Waals surface area contributed by atoms with Crippen LogP contribution in [0.1, 0.15) is 29.5 Å². The first kappa shape index (κ1) is 17.9. The van der Waals surface area contributed by atoms with Gasteiger partial charge in [0.25, 0.3) is 5.91 Å². The summed E-state index contributed by atoms with van der Waals surface area (Å²) in [7, 11) is 1.58. The van der Waals surface area contributed by atoms with Gasteiger partial charge in [-0.1, -0.05) is 36.2 Å². The minimum Gasteiger partial charge on any atom is -0.497 e. The molecule has 6 nitrogen and oxygen atoms in total. The number of nitrogens with zero attached hydrogens (tertiary/aromatic N) is 3. The van der Waals surface area contributed by atoms with E-state index >= 15 is 0 Å². The fourth-order valence-electron chi connectivity index (χ4n) is 2.62. The molecule has 3 aromatic rings. The molecule has 0 saturated heterocycles.